The van der Waals surface area contributed by atoms with Crippen LogP contribution in [0, 0.1) is 0 Å². The van der Waals surface area contributed by atoms with Gasteiger partial charge in [0.2, 0.25) is 0 Å². The van der Waals surface area contributed by atoms with Gasteiger partial charge >= 0.3 is 0 Å². The van der Waals surface area contributed by atoms with Crippen LogP contribution in [0.4, 0.5) is 8.78 Å². The summed E-state index contributed by atoms with van der Waals surface area (Å²) >= 11 is 6.30. The molecule has 0 amide bonds. The maximum Gasteiger partial charge on any atom is 0.275 e. The Morgan fingerprint density at radius 2 is 2.38 bits per heavy atom. The third-order valence-corrected chi connectivity index (χ3v) is 2.32. The molecule has 0 N–H and O–H groups in total. The largest absolute Gasteiger partial charge is 0.464 e. The number of rotatable bonds is 4. The molecule has 1 heterocycles. The molecule has 7 heteroatoms. The first kappa shape index (κ1) is 10.3. The molecular weight excluding hydrogens is 224 g/mol. The quantitative estimate of drug-likeness (QED) is 0.741. The van der Waals surface area contributed by atoms with Gasteiger partial charge in [-0.25, -0.2) is 8.78 Å². The molecule has 1 aromatic rings. The minimum Gasteiger partial charge on any atom is -0.464 e. The standard InChI is InChI=1S/C6H4ClF2NO2S/c7-5-3(1-11)13-6(10-5)12-2-4(8)9/h1,4H,2H2. The van der Waals surface area contributed by atoms with Gasteiger partial charge in [0.25, 0.3) is 11.6 Å². The summed E-state index contributed by atoms with van der Waals surface area (Å²) in [5.74, 6) is 0. The van der Waals surface area contributed by atoms with Gasteiger partial charge in [-0.2, -0.15) is 4.98 Å². The third kappa shape index (κ3) is 2.89. The van der Waals surface area contributed by atoms with Crippen LogP contribution < -0.4 is 4.74 Å². The molecule has 0 saturated heterocycles. The third-order valence-electron chi connectivity index (χ3n) is 1.03. The Morgan fingerprint density at radius 3 is 2.85 bits per heavy atom. The van der Waals surface area contributed by atoms with Gasteiger partial charge in [0, 0.05) is 0 Å². The summed E-state index contributed by atoms with van der Waals surface area (Å²) in [5, 5.41) is -0.0448. The lowest BCUT2D eigenvalue weighted by Crippen LogP contribution is -2.06. The summed E-state index contributed by atoms with van der Waals surface area (Å²) in [6, 6.07) is 0. The van der Waals surface area contributed by atoms with Crippen molar-refractivity contribution in [2.75, 3.05) is 6.61 Å². The van der Waals surface area contributed by atoms with E-state index in [0.29, 0.717) is 6.29 Å². The van der Waals surface area contributed by atoms with Gasteiger partial charge in [0.05, 0.1) is 0 Å². The number of carbonyl (C=O) groups excluding carboxylic acids is 1. The molecule has 0 atom stereocenters. The van der Waals surface area contributed by atoms with Crippen LogP contribution in [0.1, 0.15) is 9.67 Å². The highest BCUT2D eigenvalue weighted by atomic mass is 35.5. The van der Waals surface area contributed by atoms with Crippen LogP contribution in [-0.2, 0) is 0 Å². The van der Waals surface area contributed by atoms with Gasteiger partial charge in [-0.05, 0) is 0 Å². The smallest absolute Gasteiger partial charge is 0.275 e. The lowest BCUT2D eigenvalue weighted by molar-refractivity contribution is 0.0817. The molecule has 0 aliphatic heterocycles. The van der Waals surface area contributed by atoms with Crippen molar-refractivity contribution in [2.45, 2.75) is 6.43 Å². The first-order valence-corrected chi connectivity index (χ1v) is 4.35. The van der Waals surface area contributed by atoms with E-state index < -0.39 is 13.0 Å². The fraction of sp³-hybridized carbons (Fsp3) is 0.333. The van der Waals surface area contributed by atoms with E-state index in [9.17, 15) is 13.6 Å². The average molecular weight is 228 g/mol. The number of carbonyl (C=O) groups is 1. The molecule has 0 aliphatic rings. The minimum absolute atomic E-state index is 0.0209. The Bertz CT molecular complexity index is 305. The molecule has 0 bridgehead atoms. The lowest BCUT2D eigenvalue weighted by atomic mass is 10.6. The maximum absolute atomic E-state index is 11.7. The first-order valence-electron chi connectivity index (χ1n) is 3.16. The van der Waals surface area contributed by atoms with Crippen LogP contribution in [0.25, 0.3) is 0 Å². The van der Waals surface area contributed by atoms with E-state index in [0.717, 1.165) is 11.3 Å². The van der Waals surface area contributed by atoms with Crippen LogP contribution in [0.15, 0.2) is 0 Å². The van der Waals surface area contributed by atoms with Crippen molar-refractivity contribution in [3.63, 3.8) is 0 Å². The van der Waals surface area contributed by atoms with Crippen LogP contribution in [-0.4, -0.2) is 24.3 Å². The predicted octanol–water partition coefficient (Wildman–Crippen LogP) is 2.25. The molecule has 72 valence electrons. The summed E-state index contributed by atoms with van der Waals surface area (Å²) in [6.07, 6.45) is -2.07. The zero-order valence-electron chi connectivity index (χ0n) is 6.17. The lowest BCUT2D eigenvalue weighted by Gasteiger charge is -1.98. The van der Waals surface area contributed by atoms with E-state index in [-0.39, 0.29) is 15.2 Å². The van der Waals surface area contributed by atoms with Gasteiger partial charge in [-0.15, -0.1) is 0 Å². The van der Waals surface area contributed by atoms with Crippen LogP contribution in [0.3, 0.4) is 0 Å². The van der Waals surface area contributed by atoms with Gasteiger partial charge in [0.1, 0.15) is 4.88 Å². The molecule has 1 aromatic heterocycles. The van der Waals surface area contributed by atoms with Gasteiger partial charge < -0.3 is 4.74 Å². The molecule has 0 fully saturated rings. The van der Waals surface area contributed by atoms with Crippen molar-refractivity contribution < 1.29 is 18.3 Å². The van der Waals surface area contributed by atoms with Crippen molar-refractivity contribution >= 4 is 29.2 Å². The molecule has 1 rings (SSSR count). The highest BCUT2D eigenvalue weighted by Crippen LogP contribution is 2.27. The molecule has 3 nitrogen and oxygen atoms in total. The Kier molecular flexibility index (Phi) is 3.56. The van der Waals surface area contributed by atoms with Gasteiger partial charge in [-0.1, -0.05) is 22.9 Å². The zero-order valence-corrected chi connectivity index (χ0v) is 7.74. The molecule has 0 aromatic carbocycles. The highest BCUT2D eigenvalue weighted by molar-refractivity contribution is 7.15. The molecular formula is C6H4ClF2NO2S. The van der Waals surface area contributed by atoms with Crippen LogP contribution >= 0.6 is 22.9 Å². The Hall–Kier alpha value is -0.750. The second-order valence-electron chi connectivity index (χ2n) is 1.95. The number of hydrogen-bond acceptors (Lipinski definition) is 4. The monoisotopic (exact) mass is 227 g/mol. The number of hydrogen-bond donors (Lipinski definition) is 0. The topological polar surface area (TPSA) is 39.2 Å². The van der Waals surface area contributed by atoms with Crippen LogP contribution in [0.5, 0.6) is 5.19 Å². The summed E-state index contributed by atoms with van der Waals surface area (Å²) < 4.78 is 27.9. The molecule has 0 spiro atoms. The Balaban J connectivity index is 2.63. The zero-order chi connectivity index (χ0) is 9.84. The summed E-state index contributed by atoms with van der Waals surface area (Å²) in [7, 11) is 0. The number of thiazole rings is 1. The van der Waals surface area contributed by atoms with Crippen molar-refractivity contribution in [1.29, 1.82) is 0 Å². The number of aromatic nitrogens is 1. The molecule has 0 unspecified atom stereocenters. The fourth-order valence-corrected chi connectivity index (χ4v) is 1.48. The second-order valence-corrected chi connectivity index (χ2v) is 3.31. The fourth-order valence-electron chi connectivity index (χ4n) is 0.563. The second kappa shape index (κ2) is 4.48. The van der Waals surface area contributed by atoms with Gasteiger partial charge in [-0.3, -0.25) is 4.79 Å². The van der Waals surface area contributed by atoms with Crippen molar-refractivity contribution in [3.05, 3.63) is 10.0 Å². The molecule has 0 radical (unpaired) electrons. The normalized spacial score (nSPS) is 10.5. The summed E-state index contributed by atoms with van der Waals surface area (Å²) in [4.78, 5) is 14.0. The Morgan fingerprint density at radius 1 is 1.69 bits per heavy atom. The predicted molar refractivity (Wildman–Crippen MR) is 44.0 cm³/mol. The number of alkyl halides is 2. The summed E-state index contributed by atoms with van der Waals surface area (Å²) in [6.45, 7) is -0.748. The minimum atomic E-state index is -2.57. The van der Waals surface area contributed by atoms with Crippen LogP contribution in [0.2, 0.25) is 5.15 Å². The van der Waals surface area contributed by atoms with E-state index in [4.69, 9.17) is 11.6 Å². The van der Waals surface area contributed by atoms with Crippen molar-refractivity contribution in [1.82, 2.24) is 4.98 Å². The van der Waals surface area contributed by atoms with Crippen molar-refractivity contribution in [2.24, 2.45) is 0 Å². The Labute approximate surface area is 81.3 Å². The average Bonchev–Trinajstić information content (AvgIpc) is 2.43. The number of ether oxygens (including phenoxy) is 1. The molecule has 0 aliphatic carbocycles. The van der Waals surface area contributed by atoms with Gasteiger partial charge in [0.15, 0.2) is 18.0 Å². The maximum atomic E-state index is 11.7. The van der Waals surface area contributed by atoms with E-state index >= 15 is 0 Å². The SMILES string of the molecule is O=Cc1sc(OCC(F)F)nc1Cl. The van der Waals surface area contributed by atoms with E-state index in [1.807, 2.05) is 0 Å². The van der Waals surface area contributed by atoms with E-state index in [1.54, 1.807) is 0 Å². The molecule has 13 heavy (non-hydrogen) atoms. The van der Waals surface area contributed by atoms with Crippen molar-refractivity contribution in [3.8, 4) is 5.19 Å². The molecule has 0 saturated carbocycles. The summed E-state index contributed by atoms with van der Waals surface area (Å²) in [5.41, 5.74) is 0. The first-order chi connectivity index (χ1) is 6.13. The number of halogens is 3. The number of nitrogens with zero attached hydrogens (tertiary/aromatic N) is 1. The van der Waals surface area contributed by atoms with E-state index in [2.05, 4.69) is 9.72 Å². The highest BCUT2D eigenvalue weighted by Gasteiger charge is 2.11. The van der Waals surface area contributed by atoms with E-state index in [1.165, 1.54) is 0 Å². The number of aldehydes is 1.